The Morgan fingerprint density at radius 2 is 0.739 bits per heavy atom. The maximum atomic E-state index is 13.8. The van der Waals surface area contributed by atoms with Crippen molar-refractivity contribution in [1.82, 2.24) is 28.2 Å². The summed E-state index contributed by atoms with van der Waals surface area (Å²) in [6.07, 6.45) is 1.01. The second-order valence-electron chi connectivity index (χ2n) is 33.5. The van der Waals surface area contributed by atoms with Crippen LogP contribution in [0.3, 0.4) is 0 Å². The lowest BCUT2D eigenvalue weighted by Gasteiger charge is -2.12. The normalized spacial score (nSPS) is 11.8. The van der Waals surface area contributed by atoms with E-state index < -0.39 is 11.7 Å². The van der Waals surface area contributed by atoms with E-state index in [1.165, 1.54) is 37.4 Å². The van der Waals surface area contributed by atoms with Crippen molar-refractivity contribution < 1.29 is 22.0 Å². The molecule has 0 amide bonds. The third-order valence-corrected chi connectivity index (χ3v) is 28.3. The van der Waals surface area contributed by atoms with Crippen LogP contribution in [0, 0.1) is 19.7 Å². The van der Waals surface area contributed by atoms with Crippen LogP contribution in [0.5, 0.6) is 0 Å². The highest BCUT2D eigenvalue weighted by atomic mass is 32.1. The number of alkyl halides is 3. The quantitative estimate of drug-likeness (QED) is 0.135. The van der Waals surface area contributed by atoms with E-state index in [2.05, 4.69) is 280 Å². The molecule has 18 aromatic carbocycles. The van der Waals surface area contributed by atoms with E-state index in [0.29, 0.717) is 22.4 Å². The number of pyridine rings is 1. The highest BCUT2D eigenvalue weighted by molar-refractivity contribution is 7.26. The fourth-order valence-electron chi connectivity index (χ4n) is 19.8. The molecule has 134 heavy (non-hydrogen) atoms. The maximum Gasteiger partial charge on any atom is 0.417 e. The van der Waals surface area contributed by atoms with Crippen LogP contribution in [0.25, 0.3) is 254 Å². The smallest absolute Gasteiger partial charge is 0.417 e. The lowest BCUT2D eigenvalue weighted by molar-refractivity contribution is -0.136. The van der Waals surface area contributed by atoms with Crippen molar-refractivity contribution >= 4 is 200 Å². The van der Waals surface area contributed by atoms with Gasteiger partial charge < -0.3 is 22.5 Å². The Kier molecular flexibility index (Phi) is 18.3. The molecule has 0 aliphatic heterocycles. The third kappa shape index (κ3) is 13.0. The summed E-state index contributed by atoms with van der Waals surface area (Å²) in [5, 5.41) is 14.7. The van der Waals surface area contributed by atoms with Crippen molar-refractivity contribution in [3.63, 3.8) is 0 Å². The fraction of sp³-hybridized carbons (Fsp3) is 0.00847. The van der Waals surface area contributed by atoms with Crippen molar-refractivity contribution in [3.05, 3.63) is 441 Å². The van der Waals surface area contributed by atoms with Gasteiger partial charge in [0.1, 0.15) is 28.7 Å². The molecular formula is C118H66F3N9O2S2. The van der Waals surface area contributed by atoms with Gasteiger partial charge in [0.25, 0.3) is 0 Å². The van der Waals surface area contributed by atoms with Gasteiger partial charge in [-0.1, -0.05) is 194 Å². The van der Waals surface area contributed by atoms with Gasteiger partial charge in [0.2, 0.25) is 0 Å². The van der Waals surface area contributed by atoms with Gasteiger partial charge in [-0.25, -0.2) is 19.5 Å². The lowest BCUT2D eigenvalue weighted by Crippen LogP contribution is -2.04. The highest BCUT2D eigenvalue weighted by Crippen LogP contribution is 2.49. The molecule has 0 saturated carbocycles. The summed E-state index contributed by atoms with van der Waals surface area (Å²) < 4.78 is 66.2. The molecule has 628 valence electrons. The van der Waals surface area contributed by atoms with Crippen molar-refractivity contribution in [2.24, 2.45) is 0 Å². The molecular weight excluding hydrogens is 1700 g/mol. The molecule has 0 spiro atoms. The van der Waals surface area contributed by atoms with Crippen LogP contribution in [0.2, 0.25) is 0 Å². The average Bonchev–Trinajstić information content (AvgIpc) is 1.57. The number of furan rings is 2. The van der Waals surface area contributed by atoms with Crippen molar-refractivity contribution in [2.45, 2.75) is 6.18 Å². The van der Waals surface area contributed by atoms with Gasteiger partial charge in [0, 0.05) is 112 Å². The second-order valence-corrected chi connectivity index (χ2v) is 35.6. The summed E-state index contributed by atoms with van der Waals surface area (Å²) in [5.74, 6) is 0. The predicted molar refractivity (Wildman–Crippen MR) is 546 cm³/mol. The highest BCUT2D eigenvalue weighted by Gasteiger charge is 2.34. The molecule has 0 saturated heterocycles. The lowest BCUT2D eigenvalue weighted by atomic mass is 9.98. The molecule has 0 unspecified atom stereocenters. The molecule has 11 nitrogen and oxygen atoms in total. The number of nitrogens with zero attached hydrogens (tertiary/aromatic N) is 9. The van der Waals surface area contributed by atoms with Gasteiger partial charge in [0.15, 0.2) is 17.1 Å². The van der Waals surface area contributed by atoms with Gasteiger partial charge in [-0.15, -0.1) is 22.7 Å². The minimum atomic E-state index is -4.43. The van der Waals surface area contributed by atoms with Crippen LogP contribution in [-0.4, -0.2) is 28.2 Å². The molecule has 0 aliphatic rings. The Hall–Kier alpha value is -17.7. The molecule has 9 heterocycles. The van der Waals surface area contributed by atoms with E-state index in [0.717, 1.165) is 215 Å². The molecule has 0 fully saturated rings. The van der Waals surface area contributed by atoms with Gasteiger partial charge >= 0.3 is 6.18 Å². The predicted octanol–water partition coefficient (Wildman–Crippen LogP) is 34.6. The Bertz CT molecular complexity index is 9710. The van der Waals surface area contributed by atoms with Crippen LogP contribution in [-0.2, 0) is 6.18 Å². The molecule has 0 bridgehead atoms. The standard InChI is InChI=1S/C44H24F3N5S.C37H20N2O2.C37H22N2S/c1-48-29-15-17-39-35(22-29)34-21-27(32-9-6-12-40-42(32)50-25-51(40)30-7-3-2-4-8-30)13-16-38(34)52(39)31-19-28(23-49-24-31)26-14-18-41-36(20-26)33-10-5-11-37(43(33)53-41)44(45,46)47;1-38-24-12-15-33-29(20-24)28-18-22(23-11-16-36-30(19-23)26-6-2-4-8-34(26)40-36)10-14-32(28)39(33)25-13-17-37-31(21-25)27-7-3-5-9-35(27)41-37;1-38-27-22-30(24-10-4-2-5-11-24)37-33(23-27)31-20-25(16-18-34(31)39(37)28-12-6-3-7-13-28)26-17-19-36-32(21-26)29-14-8-9-15-35(29)40-36/h2-25H;2-21H;2-23H. The van der Waals surface area contributed by atoms with Crippen LogP contribution < -0.4 is 0 Å². The van der Waals surface area contributed by atoms with Gasteiger partial charge in [-0.05, 0) is 249 Å². The average molecular weight is 1760 g/mol. The number of imidazole rings is 1. The summed E-state index contributed by atoms with van der Waals surface area (Å²) in [4.78, 5) is 20.8. The van der Waals surface area contributed by atoms with E-state index in [1.54, 1.807) is 12.3 Å². The minimum absolute atomic E-state index is 0.239. The molecule has 0 radical (unpaired) electrons. The summed E-state index contributed by atoms with van der Waals surface area (Å²) >= 11 is 3.00. The van der Waals surface area contributed by atoms with Crippen LogP contribution in [0.1, 0.15) is 5.56 Å². The molecule has 27 aromatic rings. The van der Waals surface area contributed by atoms with Gasteiger partial charge in [-0.3, -0.25) is 9.55 Å². The van der Waals surface area contributed by atoms with Crippen molar-refractivity contribution in [2.75, 3.05) is 0 Å². The summed E-state index contributed by atoms with van der Waals surface area (Å²) in [6.45, 7) is 23.3. The number of benzene rings is 18. The molecule has 0 atom stereocenters. The first kappa shape index (κ1) is 78.5. The van der Waals surface area contributed by atoms with Crippen LogP contribution >= 0.6 is 22.7 Å². The number of hydrogen-bond donors (Lipinski definition) is 0. The first-order valence-corrected chi connectivity index (χ1v) is 45.3. The minimum Gasteiger partial charge on any atom is -0.456 e. The van der Waals surface area contributed by atoms with E-state index in [9.17, 15) is 13.2 Å². The first-order chi connectivity index (χ1) is 65.9. The number of hydrogen-bond acceptors (Lipinski definition) is 6. The number of aromatic nitrogens is 6. The molecule has 16 heteroatoms. The number of para-hydroxylation sites is 5. The molecule has 0 aliphatic carbocycles. The Labute approximate surface area is 770 Å². The molecule has 27 rings (SSSR count). The summed E-state index contributed by atoms with van der Waals surface area (Å²) in [6, 6.07) is 129. The fourth-order valence-corrected chi connectivity index (χ4v) is 22.1. The van der Waals surface area contributed by atoms with E-state index in [1.807, 2.05) is 145 Å². The second kappa shape index (κ2) is 31.3. The van der Waals surface area contributed by atoms with Crippen LogP contribution in [0.4, 0.5) is 30.2 Å². The number of rotatable bonds is 9. The molecule has 0 N–H and O–H groups in total. The zero-order valence-corrected chi connectivity index (χ0v) is 72.5. The first-order valence-electron chi connectivity index (χ1n) is 43.7. The Morgan fingerprint density at radius 3 is 1.39 bits per heavy atom. The van der Waals surface area contributed by atoms with Crippen LogP contribution in [0.15, 0.2) is 410 Å². The number of halogens is 3. The summed E-state index contributed by atoms with van der Waals surface area (Å²) in [5.41, 5.74) is 27.4. The monoisotopic (exact) mass is 1760 g/mol. The Balaban J connectivity index is 0.000000109. The van der Waals surface area contributed by atoms with E-state index in [-0.39, 0.29) is 4.70 Å². The SMILES string of the molecule is [C-]#[N+]c1cc(-c2ccccc2)c2c(c1)c1cc(-c3ccc4sc5ccccc5c4c3)ccc1n2-c1ccccc1.[C-]#[N+]c1ccc2c(c1)c1cc(-c3ccc4oc5ccccc5c4c3)ccc1n2-c1ccc2oc3ccccc3c2c1.[C-]#[N+]c1ccc2c(c1)c1cc(-c3cccc4c3ncn4-c3ccccc3)ccc1n2-c1cncc(-c2ccc3sc4c(C(F)(F)F)cccc4c3c2)c1. The van der Waals surface area contributed by atoms with Gasteiger partial charge in [0.05, 0.1) is 81.3 Å². The molecule has 9 aromatic heterocycles. The Morgan fingerprint density at radius 1 is 0.276 bits per heavy atom. The van der Waals surface area contributed by atoms with Gasteiger partial charge in [-0.2, -0.15) is 13.2 Å². The summed E-state index contributed by atoms with van der Waals surface area (Å²) in [7, 11) is 0. The zero-order chi connectivity index (χ0) is 89.6. The number of thiophene rings is 2. The van der Waals surface area contributed by atoms with Crippen molar-refractivity contribution in [1.29, 1.82) is 0 Å². The largest absolute Gasteiger partial charge is 0.456 e. The van der Waals surface area contributed by atoms with E-state index >= 15 is 0 Å². The number of fused-ring (bicyclic) bond motifs is 22. The van der Waals surface area contributed by atoms with Crippen molar-refractivity contribution in [3.8, 4) is 78.4 Å². The maximum absolute atomic E-state index is 13.8. The third-order valence-electron chi connectivity index (χ3n) is 25.9. The van der Waals surface area contributed by atoms with E-state index in [4.69, 9.17) is 33.5 Å². The topological polar surface area (TPSA) is 84.9 Å². The zero-order valence-electron chi connectivity index (χ0n) is 70.9.